The van der Waals surface area contributed by atoms with Gasteiger partial charge in [-0.3, -0.25) is 9.59 Å². The second-order valence-electron chi connectivity index (χ2n) is 5.06. The van der Waals surface area contributed by atoms with Gasteiger partial charge in [0.15, 0.2) is 6.29 Å². The lowest BCUT2D eigenvalue weighted by Crippen LogP contribution is -2.61. The van der Waals surface area contributed by atoms with E-state index in [1.807, 2.05) is 0 Å². The van der Waals surface area contributed by atoms with Crippen LogP contribution in [-0.2, 0) is 19.1 Å². The molecule has 0 aromatic heterocycles. The number of hydrogen-bond donors (Lipinski definition) is 6. The fraction of sp³-hybridized carbons (Fsp3) is 0.714. The van der Waals surface area contributed by atoms with Crippen LogP contribution in [0.25, 0.3) is 0 Å². The van der Waals surface area contributed by atoms with Gasteiger partial charge in [-0.1, -0.05) is 6.58 Å². The molecule has 0 spiro atoms. The number of carboxylic acids is 1. The minimum Gasteiger partial charge on any atom is -0.481 e. The predicted molar refractivity (Wildman–Crippen MR) is 87.6 cm³/mol. The smallest absolute Gasteiger partial charge is 0.310 e. The number of aliphatic hydroxyl groups excluding tert-OH is 4. The molecule has 0 saturated carbocycles. The van der Waals surface area contributed by atoms with Crippen LogP contribution in [0.1, 0.15) is 25.7 Å². The molecule has 148 valence electrons. The zero-order valence-electron chi connectivity index (χ0n) is 13.6. The van der Waals surface area contributed by atoms with E-state index < -0.39 is 43.2 Å². The molecule has 5 atom stereocenters. The molecule has 25 heavy (non-hydrogen) atoms. The predicted octanol–water partition coefficient (Wildman–Crippen LogP) is -1.52. The zero-order valence-corrected chi connectivity index (χ0v) is 14.4. The maximum absolute atomic E-state index is 10.6. The number of halogens is 1. The Labute approximate surface area is 151 Å². The topological polar surface area (TPSA) is 180 Å². The molecule has 1 rings (SSSR count). The highest BCUT2D eigenvalue weighted by molar-refractivity contribution is 5.85. The van der Waals surface area contributed by atoms with Gasteiger partial charge in [0, 0.05) is 12.8 Å². The number of carboxylic acid groups (broad SMARTS) is 1. The van der Waals surface area contributed by atoms with Crippen molar-refractivity contribution in [2.24, 2.45) is 5.73 Å². The van der Waals surface area contributed by atoms with Crippen molar-refractivity contribution in [3.63, 3.8) is 0 Å². The van der Waals surface area contributed by atoms with Crippen molar-refractivity contribution < 1.29 is 44.6 Å². The van der Waals surface area contributed by atoms with Gasteiger partial charge >= 0.3 is 11.9 Å². The van der Waals surface area contributed by atoms with E-state index in [-0.39, 0.29) is 31.2 Å². The maximum Gasteiger partial charge on any atom is 0.310 e. The van der Waals surface area contributed by atoms with Gasteiger partial charge in [-0.15, -0.1) is 12.4 Å². The third-order valence-corrected chi connectivity index (χ3v) is 3.18. The number of unbranched alkanes of at least 4 members (excludes halogenated alkanes) is 1. The Balaban J connectivity index is 0. The van der Waals surface area contributed by atoms with E-state index in [0.717, 1.165) is 6.26 Å². The Morgan fingerprint density at radius 2 is 1.72 bits per heavy atom. The molecule has 0 aliphatic carbocycles. The van der Waals surface area contributed by atoms with E-state index in [1.54, 1.807) is 0 Å². The van der Waals surface area contributed by atoms with Gasteiger partial charge in [0.1, 0.15) is 18.3 Å². The molecule has 0 bridgehead atoms. The van der Waals surface area contributed by atoms with Crippen LogP contribution in [0.5, 0.6) is 0 Å². The minimum atomic E-state index is -1.35. The summed E-state index contributed by atoms with van der Waals surface area (Å²) in [5, 5.41) is 44.3. The number of hydrogen-bond acceptors (Lipinski definition) is 9. The van der Waals surface area contributed by atoms with Crippen molar-refractivity contribution in [1.82, 2.24) is 0 Å². The lowest BCUT2D eigenvalue weighted by atomic mass is 9.98. The second-order valence-corrected chi connectivity index (χ2v) is 5.06. The van der Waals surface area contributed by atoms with Crippen LogP contribution in [0.4, 0.5) is 0 Å². The van der Waals surface area contributed by atoms with Crippen LogP contribution < -0.4 is 5.73 Å². The van der Waals surface area contributed by atoms with Gasteiger partial charge in [-0.25, -0.2) is 0 Å². The lowest BCUT2D eigenvalue weighted by Gasteiger charge is -2.38. The Hall–Kier alpha value is -1.27. The van der Waals surface area contributed by atoms with Gasteiger partial charge in [0.2, 0.25) is 0 Å². The molecule has 1 heterocycles. The van der Waals surface area contributed by atoms with Crippen molar-refractivity contribution in [1.29, 1.82) is 0 Å². The lowest BCUT2D eigenvalue weighted by molar-refractivity contribution is -0.248. The molecule has 0 aromatic carbocycles. The first-order valence-corrected chi connectivity index (χ1v) is 7.32. The number of carbonyl (C=O) groups is 2. The minimum absolute atomic E-state index is 0. The fourth-order valence-electron chi connectivity index (χ4n) is 1.82. The molecule has 1 unspecified atom stereocenters. The molecule has 1 aliphatic heterocycles. The number of nitrogens with two attached hydrogens (primary N) is 1. The largest absolute Gasteiger partial charge is 0.481 e. The highest BCUT2D eigenvalue weighted by atomic mass is 35.5. The monoisotopic (exact) mass is 387 g/mol. The fourth-order valence-corrected chi connectivity index (χ4v) is 1.82. The number of aliphatic hydroxyl groups is 4. The Morgan fingerprint density at radius 3 is 2.20 bits per heavy atom. The first-order valence-electron chi connectivity index (χ1n) is 7.32. The van der Waals surface area contributed by atoms with Crippen LogP contribution >= 0.6 is 12.4 Å². The normalized spacial score (nSPS) is 28.0. The molecule has 0 aromatic rings. The summed E-state index contributed by atoms with van der Waals surface area (Å²) in [5.41, 5.74) is 5.26. The molecule has 1 fully saturated rings. The second kappa shape index (κ2) is 14.0. The summed E-state index contributed by atoms with van der Waals surface area (Å²) in [7, 11) is 0. The third kappa shape index (κ3) is 10.3. The molecule has 10 nitrogen and oxygen atoms in total. The van der Waals surface area contributed by atoms with Gasteiger partial charge in [0.25, 0.3) is 0 Å². The van der Waals surface area contributed by atoms with E-state index >= 15 is 0 Å². The van der Waals surface area contributed by atoms with Crippen molar-refractivity contribution >= 4 is 24.3 Å². The van der Waals surface area contributed by atoms with Crippen LogP contribution in [-0.4, -0.2) is 74.7 Å². The Bertz CT molecular complexity index is 405. The van der Waals surface area contributed by atoms with Crippen molar-refractivity contribution in [3.05, 3.63) is 12.8 Å². The number of rotatable bonds is 7. The first kappa shape index (κ1) is 26.0. The van der Waals surface area contributed by atoms with Gasteiger partial charge in [0.05, 0.1) is 18.9 Å². The molecule has 0 radical (unpaired) electrons. The summed E-state index contributed by atoms with van der Waals surface area (Å²) in [6.07, 6.45) is -2.39. The quantitative estimate of drug-likeness (QED) is 0.171. The summed E-state index contributed by atoms with van der Waals surface area (Å²) in [5.74, 6) is -1.21. The number of esters is 1. The zero-order chi connectivity index (χ0) is 18.7. The summed E-state index contributed by atoms with van der Waals surface area (Å²) in [4.78, 5) is 20.7. The number of ether oxygens (including phenoxy) is 2. The van der Waals surface area contributed by atoms with Crippen molar-refractivity contribution in [3.8, 4) is 0 Å². The van der Waals surface area contributed by atoms with E-state index in [0.29, 0.717) is 12.8 Å². The molecule has 1 saturated heterocycles. The van der Waals surface area contributed by atoms with E-state index in [4.69, 9.17) is 25.8 Å². The average Bonchev–Trinajstić information content (AvgIpc) is 2.53. The maximum atomic E-state index is 10.6. The van der Waals surface area contributed by atoms with E-state index in [1.165, 1.54) is 0 Å². The molecule has 7 N–H and O–H groups in total. The molecular formula is C14H26ClNO9. The summed E-state index contributed by atoms with van der Waals surface area (Å²) in [6, 6.07) is -1.04. The van der Waals surface area contributed by atoms with E-state index in [2.05, 4.69) is 11.3 Å². The van der Waals surface area contributed by atoms with Crippen LogP contribution in [0.3, 0.4) is 0 Å². The summed E-state index contributed by atoms with van der Waals surface area (Å²) < 4.78 is 9.13. The molecular weight excluding hydrogens is 362 g/mol. The third-order valence-electron chi connectivity index (χ3n) is 3.18. The average molecular weight is 388 g/mol. The SMILES string of the molecule is C=COC(=O)CCCCC(=O)O.Cl.N[C@H]1C(O)O[C@H](CO)[C@@H](O)[C@@H]1O. The summed E-state index contributed by atoms with van der Waals surface area (Å²) in [6.45, 7) is 2.75. The Morgan fingerprint density at radius 1 is 1.16 bits per heavy atom. The highest BCUT2D eigenvalue weighted by Crippen LogP contribution is 2.17. The standard InChI is InChI=1S/C8H12O4.C6H13NO5.ClH/c1-2-12-8(11)6-4-3-5-7(9)10;7-3-5(10)4(9)2(1-8)12-6(3)11;/h2H,1,3-6H2,(H,9,10);2-6,8-11H,1,7H2;1H/t;2-,3-,4-,5-,6?;/m.1./s1. The molecule has 0 amide bonds. The highest BCUT2D eigenvalue weighted by Gasteiger charge is 2.41. The van der Waals surface area contributed by atoms with Crippen molar-refractivity contribution in [2.75, 3.05) is 6.61 Å². The Kier molecular flexibility index (Phi) is 14.5. The first-order chi connectivity index (χ1) is 11.2. The number of carbonyl (C=O) groups excluding carboxylic acids is 1. The van der Waals surface area contributed by atoms with Gasteiger partial charge in [-0.2, -0.15) is 0 Å². The summed E-state index contributed by atoms with van der Waals surface area (Å²) >= 11 is 0. The van der Waals surface area contributed by atoms with Gasteiger partial charge in [-0.05, 0) is 12.8 Å². The van der Waals surface area contributed by atoms with Crippen LogP contribution in [0, 0.1) is 0 Å². The van der Waals surface area contributed by atoms with Crippen molar-refractivity contribution in [2.45, 2.75) is 56.3 Å². The van der Waals surface area contributed by atoms with Crippen LogP contribution in [0.15, 0.2) is 12.8 Å². The molecule has 11 heteroatoms. The van der Waals surface area contributed by atoms with Gasteiger partial charge < -0.3 is 40.7 Å². The van der Waals surface area contributed by atoms with Crippen LogP contribution in [0.2, 0.25) is 0 Å². The molecule has 1 aliphatic rings. The number of aliphatic carboxylic acids is 1. The van der Waals surface area contributed by atoms with E-state index in [9.17, 15) is 19.8 Å².